The molecule has 0 spiro atoms. The molecule has 0 bridgehead atoms. The van der Waals surface area contributed by atoms with Crippen molar-refractivity contribution in [2.75, 3.05) is 38.2 Å². The van der Waals surface area contributed by atoms with E-state index in [9.17, 15) is 4.39 Å². The summed E-state index contributed by atoms with van der Waals surface area (Å²) >= 11 is 5.93. The van der Waals surface area contributed by atoms with Crippen LogP contribution in [-0.4, -0.2) is 43.3 Å². The van der Waals surface area contributed by atoms with Gasteiger partial charge in [-0.1, -0.05) is 30.9 Å². The minimum Gasteiger partial charge on any atom is -0.379 e. The molecule has 1 saturated heterocycles. The van der Waals surface area contributed by atoms with Crippen molar-refractivity contribution in [1.29, 1.82) is 0 Å². The van der Waals surface area contributed by atoms with Crippen LogP contribution >= 0.6 is 11.6 Å². The molecule has 22 heavy (non-hydrogen) atoms. The van der Waals surface area contributed by atoms with Crippen LogP contribution in [0.2, 0.25) is 5.02 Å². The topological polar surface area (TPSA) is 24.5 Å². The molecule has 1 N–H and O–H groups in total. The van der Waals surface area contributed by atoms with E-state index in [-0.39, 0.29) is 16.4 Å². The quantitative estimate of drug-likeness (QED) is 0.907. The zero-order valence-corrected chi connectivity index (χ0v) is 13.7. The molecule has 2 fully saturated rings. The van der Waals surface area contributed by atoms with Crippen molar-refractivity contribution in [3.63, 3.8) is 0 Å². The van der Waals surface area contributed by atoms with E-state index in [0.717, 1.165) is 51.4 Å². The first-order valence-electron chi connectivity index (χ1n) is 8.20. The van der Waals surface area contributed by atoms with Gasteiger partial charge in [-0.3, -0.25) is 4.90 Å². The number of benzene rings is 1. The Morgan fingerprint density at radius 3 is 2.59 bits per heavy atom. The first kappa shape index (κ1) is 16.0. The number of rotatable bonds is 4. The molecule has 0 radical (unpaired) electrons. The summed E-state index contributed by atoms with van der Waals surface area (Å²) in [6.45, 7) is 4.64. The SMILES string of the molecule is Fc1ccc(NC2(CN3CCOCC3)CCCCC2)cc1Cl. The van der Waals surface area contributed by atoms with Crippen LogP contribution in [0.1, 0.15) is 32.1 Å². The average Bonchev–Trinajstić information content (AvgIpc) is 2.53. The van der Waals surface area contributed by atoms with Crippen molar-refractivity contribution >= 4 is 17.3 Å². The average molecular weight is 327 g/mol. The largest absolute Gasteiger partial charge is 0.379 e. The molecule has 2 aliphatic rings. The first-order valence-corrected chi connectivity index (χ1v) is 8.58. The molecular weight excluding hydrogens is 303 g/mol. The summed E-state index contributed by atoms with van der Waals surface area (Å²) < 4.78 is 18.8. The number of morpholine rings is 1. The molecule has 1 heterocycles. The van der Waals surface area contributed by atoms with Gasteiger partial charge in [0.15, 0.2) is 0 Å². The molecule has 0 atom stereocenters. The lowest BCUT2D eigenvalue weighted by molar-refractivity contribution is 0.0260. The summed E-state index contributed by atoms with van der Waals surface area (Å²) in [5, 5.41) is 3.86. The molecule has 1 aromatic rings. The summed E-state index contributed by atoms with van der Waals surface area (Å²) in [5.74, 6) is -0.363. The Hall–Kier alpha value is -0.840. The number of anilines is 1. The maximum absolute atomic E-state index is 13.4. The smallest absolute Gasteiger partial charge is 0.141 e. The van der Waals surface area contributed by atoms with Gasteiger partial charge in [0.25, 0.3) is 0 Å². The van der Waals surface area contributed by atoms with Crippen molar-refractivity contribution in [1.82, 2.24) is 4.90 Å². The lowest BCUT2D eigenvalue weighted by atomic mass is 9.80. The highest BCUT2D eigenvalue weighted by Crippen LogP contribution is 2.33. The van der Waals surface area contributed by atoms with Crippen LogP contribution in [0.4, 0.5) is 10.1 Å². The lowest BCUT2D eigenvalue weighted by Gasteiger charge is -2.43. The Bertz CT molecular complexity index is 499. The van der Waals surface area contributed by atoms with E-state index in [1.807, 2.05) is 0 Å². The fourth-order valence-electron chi connectivity index (χ4n) is 3.62. The Morgan fingerprint density at radius 1 is 1.18 bits per heavy atom. The predicted molar refractivity (Wildman–Crippen MR) is 88.1 cm³/mol. The van der Waals surface area contributed by atoms with Gasteiger partial charge in [-0.15, -0.1) is 0 Å². The zero-order chi connectivity index (χ0) is 15.4. The van der Waals surface area contributed by atoms with Crippen LogP contribution in [0.3, 0.4) is 0 Å². The Morgan fingerprint density at radius 2 is 1.91 bits per heavy atom. The van der Waals surface area contributed by atoms with Crippen molar-refractivity contribution in [2.24, 2.45) is 0 Å². The molecule has 0 amide bonds. The maximum atomic E-state index is 13.4. The van der Waals surface area contributed by atoms with Crippen molar-refractivity contribution < 1.29 is 9.13 Å². The van der Waals surface area contributed by atoms with E-state index in [0.29, 0.717) is 0 Å². The molecule has 1 aliphatic heterocycles. The fraction of sp³-hybridized carbons (Fsp3) is 0.647. The van der Waals surface area contributed by atoms with E-state index < -0.39 is 0 Å². The summed E-state index contributed by atoms with van der Waals surface area (Å²) in [7, 11) is 0. The molecule has 3 nitrogen and oxygen atoms in total. The van der Waals surface area contributed by atoms with Crippen LogP contribution in [0.5, 0.6) is 0 Å². The first-order chi connectivity index (χ1) is 10.7. The maximum Gasteiger partial charge on any atom is 0.141 e. The van der Waals surface area contributed by atoms with Gasteiger partial charge in [-0.05, 0) is 31.0 Å². The highest BCUT2D eigenvalue weighted by Gasteiger charge is 2.34. The van der Waals surface area contributed by atoms with Crippen molar-refractivity contribution in [2.45, 2.75) is 37.6 Å². The molecule has 3 rings (SSSR count). The van der Waals surface area contributed by atoms with Gasteiger partial charge < -0.3 is 10.1 Å². The molecule has 122 valence electrons. The van der Waals surface area contributed by atoms with Crippen LogP contribution in [0.15, 0.2) is 18.2 Å². The Labute approximate surface area is 136 Å². The Kier molecular flexibility index (Phi) is 5.21. The van der Waals surface area contributed by atoms with E-state index in [4.69, 9.17) is 16.3 Å². The van der Waals surface area contributed by atoms with Gasteiger partial charge in [0.05, 0.1) is 23.8 Å². The number of hydrogen-bond acceptors (Lipinski definition) is 3. The van der Waals surface area contributed by atoms with Gasteiger partial charge in [-0.2, -0.15) is 0 Å². The molecule has 1 saturated carbocycles. The van der Waals surface area contributed by atoms with Gasteiger partial charge in [0, 0.05) is 25.3 Å². The minimum absolute atomic E-state index is 0.0662. The third-order valence-electron chi connectivity index (χ3n) is 4.77. The highest BCUT2D eigenvalue weighted by molar-refractivity contribution is 6.31. The summed E-state index contributed by atoms with van der Waals surface area (Å²) in [6, 6.07) is 4.93. The molecule has 0 aromatic heterocycles. The standard InChI is InChI=1S/C17H24ClFN2O/c18-15-12-14(4-5-16(15)19)20-17(6-2-1-3-7-17)13-21-8-10-22-11-9-21/h4-5,12,20H,1-3,6-11,13H2. The molecule has 1 aromatic carbocycles. The summed E-state index contributed by atoms with van der Waals surface area (Å²) in [4.78, 5) is 2.48. The number of nitrogens with zero attached hydrogens (tertiary/aromatic N) is 1. The molecule has 5 heteroatoms. The second kappa shape index (κ2) is 7.16. The summed E-state index contributed by atoms with van der Waals surface area (Å²) in [6.07, 6.45) is 6.09. The highest BCUT2D eigenvalue weighted by atomic mass is 35.5. The van der Waals surface area contributed by atoms with E-state index in [1.54, 1.807) is 12.1 Å². The number of nitrogens with one attached hydrogen (secondary N) is 1. The monoisotopic (exact) mass is 326 g/mol. The normalized spacial score (nSPS) is 22.5. The van der Waals surface area contributed by atoms with Gasteiger partial charge in [-0.25, -0.2) is 4.39 Å². The van der Waals surface area contributed by atoms with E-state index in [1.165, 1.54) is 25.3 Å². The Balaban J connectivity index is 1.74. The minimum atomic E-state index is -0.363. The van der Waals surface area contributed by atoms with Crippen LogP contribution in [-0.2, 0) is 4.74 Å². The third-order valence-corrected chi connectivity index (χ3v) is 5.06. The molecule has 1 aliphatic carbocycles. The van der Waals surface area contributed by atoms with E-state index in [2.05, 4.69) is 10.2 Å². The van der Waals surface area contributed by atoms with Gasteiger partial charge >= 0.3 is 0 Å². The van der Waals surface area contributed by atoms with Gasteiger partial charge in [0.1, 0.15) is 5.82 Å². The van der Waals surface area contributed by atoms with Crippen LogP contribution in [0, 0.1) is 5.82 Å². The predicted octanol–water partition coefficient (Wildman–Crippen LogP) is 3.93. The fourth-order valence-corrected chi connectivity index (χ4v) is 3.80. The number of hydrogen-bond donors (Lipinski definition) is 1. The van der Waals surface area contributed by atoms with Crippen molar-refractivity contribution in [3.05, 3.63) is 29.0 Å². The van der Waals surface area contributed by atoms with Crippen molar-refractivity contribution in [3.8, 4) is 0 Å². The van der Waals surface area contributed by atoms with E-state index >= 15 is 0 Å². The number of halogens is 2. The zero-order valence-electron chi connectivity index (χ0n) is 12.9. The molecular formula is C17H24ClFN2O. The summed E-state index contributed by atoms with van der Waals surface area (Å²) in [5.41, 5.74) is 0.984. The van der Waals surface area contributed by atoms with Crippen LogP contribution in [0.25, 0.3) is 0 Å². The van der Waals surface area contributed by atoms with Crippen LogP contribution < -0.4 is 5.32 Å². The number of ether oxygens (including phenoxy) is 1. The molecule has 0 unspecified atom stereocenters. The second-order valence-corrected chi connectivity index (χ2v) is 6.89. The lowest BCUT2D eigenvalue weighted by Crippen LogP contribution is -2.52. The van der Waals surface area contributed by atoms with Gasteiger partial charge in [0.2, 0.25) is 0 Å². The second-order valence-electron chi connectivity index (χ2n) is 6.48. The third kappa shape index (κ3) is 3.92.